The Kier molecular flexibility index (Phi) is 8.52. The highest BCUT2D eigenvalue weighted by Gasteiger charge is 2.53. The molecule has 1 atom stereocenters. The third-order valence-corrected chi connectivity index (χ3v) is 7.70. The summed E-state index contributed by atoms with van der Waals surface area (Å²) in [5, 5.41) is 4.78. The number of piperidine rings is 1. The van der Waals surface area contributed by atoms with Crippen molar-refractivity contribution < 1.29 is 44.3 Å². The molecule has 1 unspecified atom stereocenters. The van der Waals surface area contributed by atoms with Crippen LogP contribution < -0.4 is 21.3 Å². The minimum absolute atomic E-state index is 0.0354. The number of carbonyl (C=O) groups is 1. The van der Waals surface area contributed by atoms with Crippen LogP contribution in [0.5, 0.6) is 0 Å². The molecule has 0 aliphatic carbocycles. The fraction of sp³-hybridized carbons (Fsp3) is 0.462. The number of nitrogens with two attached hydrogens (primary N) is 1. The Morgan fingerprint density at radius 1 is 1.05 bits per heavy atom. The summed E-state index contributed by atoms with van der Waals surface area (Å²) in [6.07, 6.45) is -14.4. The molecule has 0 bridgehead atoms. The van der Waals surface area contributed by atoms with Gasteiger partial charge in [-0.25, -0.2) is 4.98 Å². The van der Waals surface area contributed by atoms with Gasteiger partial charge < -0.3 is 25.8 Å². The fourth-order valence-electron chi connectivity index (χ4n) is 4.67. The van der Waals surface area contributed by atoms with E-state index in [1.807, 2.05) is 5.32 Å². The van der Waals surface area contributed by atoms with E-state index < -0.39 is 53.7 Å². The van der Waals surface area contributed by atoms with Gasteiger partial charge in [0, 0.05) is 26.7 Å². The van der Waals surface area contributed by atoms with Crippen molar-refractivity contribution in [2.24, 2.45) is 18.7 Å². The largest absolute Gasteiger partial charge is 0.418 e. The second-order valence-corrected chi connectivity index (χ2v) is 10.9. The monoisotopic (exact) mass is 644 g/mol. The highest BCUT2D eigenvalue weighted by atomic mass is 35.5. The second-order valence-electron chi connectivity index (χ2n) is 10.5. The van der Waals surface area contributed by atoms with Gasteiger partial charge in [-0.1, -0.05) is 17.7 Å². The summed E-state index contributed by atoms with van der Waals surface area (Å²) < 4.78 is 121. The summed E-state index contributed by atoms with van der Waals surface area (Å²) in [4.78, 5) is 18.0. The van der Waals surface area contributed by atoms with Crippen LogP contribution in [0.25, 0.3) is 11.0 Å². The molecule has 7 nitrogen and oxygen atoms in total. The number of alkyl halides is 9. The molecule has 0 spiro atoms. The summed E-state index contributed by atoms with van der Waals surface area (Å²) in [7, 11) is 1.50. The average molecular weight is 645 g/mol. The Bertz CT molecular complexity index is 1510. The lowest BCUT2D eigenvalue weighted by Gasteiger charge is -2.34. The fourth-order valence-corrected chi connectivity index (χ4v) is 4.95. The van der Waals surface area contributed by atoms with E-state index in [0.29, 0.717) is 24.2 Å². The zero-order chi connectivity index (χ0) is 32.1. The van der Waals surface area contributed by atoms with Crippen molar-refractivity contribution in [3.63, 3.8) is 0 Å². The molecule has 0 radical (unpaired) electrons. The van der Waals surface area contributed by atoms with Crippen LogP contribution in [0.2, 0.25) is 5.02 Å². The van der Waals surface area contributed by atoms with Gasteiger partial charge in [0.1, 0.15) is 0 Å². The van der Waals surface area contributed by atoms with Crippen LogP contribution in [0.1, 0.15) is 30.9 Å². The standard InChI is InChI=1S/C26H26ClF9N6O/c1-23(37,26(34,35)36)21(43)38-12-13-3-4-15(25(31,32)33)17(9-13)39-22-40-18-10-16(27)19(11-20(18)41(22)2)42-7-5-14(6-8-42)24(28,29)30/h3-4,9-11,14H,5-8,12,37H2,1-2H3,(H,38,43)(H,39,40). The molecule has 17 heteroatoms. The molecule has 1 aliphatic rings. The number of carbonyl (C=O) groups excluding carboxylic acids is 1. The first-order valence-electron chi connectivity index (χ1n) is 12.8. The number of halogens is 10. The number of hydrogen-bond donors (Lipinski definition) is 3. The molecule has 1 aliphatic heterocycles. The van der Waals surface area contributed by atoms with E-state index in [2.05, 4.69) is 10.3 Å². The van der Waals surface area contributed by atoms with E-state index in [-0.39, 0.29) is 48.0 Å². The van der Waals surface area contributed by atoms with Crippen LogP contribution in [0.15, 0.2) is 30.3 Å². The number of imidazole rings is 1. The van der Waals surface area contributed by atoms with Crippen molar-refractivity contribution in [2.75, 3.05) is 23.3 Å². The second kappa shape index (κ2) is 11.3. The number of nitrogens with zero attached hydrogens (tertiary/aromatic N) is 3. The molecule has 4 N–H and O–H groups in total. The van der Waals surface area contributed by atoms with Crippen molar-refractivity contribution in [3.05, 3.63) is 46.5 Å². The third-order valence-electron chi connectivity index (χ3n) is 7.40. The lowest BCUT2D eigenvalue weighted by atomic mass is 9.96. The molecule has 1 aromatic heterocycles. The van der Waals surface area contributed by atoms with Crippen molar-refractivity contribution in [1.82, 2.24) is 14.9 Å². The van der Waals surface area contributed by atoms with Gasteiger partial charge in [-0.2, -0.15) is 39.5 Å². The highest BCUT2D eigenvalue weighted by molar-refractivity contribution is 6.34. The number of aryl methyl sites for hydroxylation is 1. The first kappa shape index (κ1) is 32.5. The van der Waals surface area contributed by atoms with Crippen LogP contribution in [-0.2, 0) is 24.6 Å². The molecule has 2 heterocycles. The van der Waals surface area contributed by atoms with Crippen molar-refractivity contribution in [1.29, 1.82) is 0 Å². The number of fused-ring (bicyclic) bond motifs is 1. The first-order valence-corrected chi connectivity index (χ1v) is 13.2. The minimum Gasteiger partial charge on any atom is -0.370 e. The van der Waals surface area contributed by atoms with Crippen LogP contribution in [0.3, 0.4) is 0 Å². The van der Waals surface area contributed by atoms with Crippen molar-refractivity contribution in [2.45, 2.75) is 50.4 Å². The van der Waals surface area contributed by atoms with Gasteiger partial charge in [-0.15, -0.1) is 0 Å². The molecular weight excluding hydrogens is 619 g/mol. The number of hydrogen-bond acceptors (Lipinski definition) is 5. The minimum atomic E-state index is -5.06. The zero-order valence-electron chi connectivity index (χ0n) is 22.6. The molecular formula is C26H26ClF9N6O. The van der Waals surface area contributed by atoms with Gasteiger partial charge in [-0.05, 0) is 49.6 Å². The zero-order valence-corrected chi connectivity index (χ0v) is 23.4. The van der Waals surface area contributed by atoms with Crippen LogP contribution in [0, 0.1) is 5.92 Å². The Morgan fingerprint density at radius 2 is 1.67 bits per heavy atom. The molecule has 3 aromatic rings. The Labute approximate surface area is 244 Å². The molecule has 0 saturated carbocycles. The molecule has 2 aromatic carbocycles. The van der Waals surface area contributed by atoms with Crippen LogP contribution in [0.4, 0.5) is 56.8 Å². The maximum Gasteiger partial charge on any atom is 0.418 e. The molecule has 1 fully saturated rings. The lowest BCUT2D eigenvalue weighted by molar-refractivity contribution is -0.187. The Morgan fingerprint density at radius 3 is 2.23 bits per heavy atom. The Hall–Kier alpha value is -3.40. The summed E-state index contributed by atoms with van der Waals surface area (Å²) in [5.41, 5.74) is 1.46. The SMILES string of the molecule is Cn1c(Nc2cc(CNC(=O)C(C)(N)C(F)(F)F)ccc2C(F)(F)F)nc2cc(Cl)c(N3CCC(C(F)(F)F)CC3)cc21. The number of amides is 1. The van der Waals surface area contributed by atoms with E-state index in [1.54, 1.807) is 11.0 Å². The highest BCUT2D eigenvalue weighted by Crippen LogP contribution is 2.40. The lowest BCUT2D eigenvalue weighted by Crippen LogP contribution is -2.61. The molecule has 43 heavy (non-hydrogen) atoms. The third kappa shape index (κ3) is 6.74. The predicted molar refractivity (Wildman–Crippen MR) is 142 cm³/mol. The topological polar surface area (TPSA) is 88.2 Å². The molecule has 236 valence electrons. The predicted octanol–water partition coefficient (Wildman–Crippen LogP) is 6.66. The average Bonchev–Trinajstić information content (AvgIpc) is 3.18. The van der Waals surface area contributed by atoms with Crippen molar-refractivity contribution >= 4 is 45.9 Å². The number of aromatic nitrogens is 2. The first-order chi connectivity index (χ1) is 19.7. The summed E-state index contributed by atoms with van der Waals surface area (Å²) in [5.74, 6) is -3.05. The normalized spacial score (nSPS) is 16.8. The summed E-state index contributed by atoms with van der Waals surface area (Å²) in [6, 6.07) is 5.75. The molecule has 1 amide bonds. The van der Waals surface area contributed by atoms with Gasteiger partial charge in [0.2, 0.25) is 11.9 Å². The van der Waals surface area contributed by atoms with E-state index in [1.165, 1.54) is 17.7 Å². The van der Waals surface area contributed by atoms with Crippen molar-refractivity contribution in [3.8, 4) is 0 Å². The van der Waals surface area contributed by atoms with Gasteiger partial charge in [0.15, 0.2) is 5.54 Å². The molecule has 1 saturated heterocycles. The number of anilines is 3. The van der Waals surface area contributed by atoms with E-state index in [4.69, 9.17) is 17.3 Å². The van der Waals surface area contributed by atoms with Gasteiger partial charge in [0.05, 0.1) is 38.9 Å². The van der Waals surface area contributed by atoms with Crippen LogP contribution >= 0.6 is 11.6 Å². The van der Waals surface area contributed by atoms with E-state index >= 15 is 0 Å². The quantitative estimate of drug-likeness (QED) is 0.261. The summed E-state index contributed by atoms with van der Waals surface area (Å²) >= 11 is 6.41. The van der Waals surface area contributed by atoms with Gasteiger partial charge >= 0.3 is 18.5 Å². The summed E-state index contributed by atoms with van der Waals surface area (Å²) in [6.45, 7) is 0.114. The van der Waals surface area contributed by atoms with E-state index in [9.17, 15) is 44.3 Å². The maximum absolute atomic E-state index is 13.8. The molecule has 4 rings (SSSR count). The smallest absolute Gasteiger partial charge is 0.370 e. The Balaban J connectivity index is 1.61. The number of nitrogens with one attached hydrogen (secondary N) is 2. The maximum atomic E-state index is 13.8. The number of rotatable bonds is 6. The van der Waals surface area contributed by atoms with Crippen LogP contribution in [-0.4, -0.2) is 46.4 Å². The van der Waals surface area contributed by atoms with Gasteiger partial charge in [-0.3, -0.25) is 4.79 Å². The van der Waals surface area contributed by atoms with Gasteiger partial charge in [0.25, 0.3) is 0 Å². The number of benzene rings is 2. The van der Waals surface area contributed by atoms with E-state index in [0.717, 1.165) is 12.1 Å².